The van der Waals surface area contributed by atoms with Crippen molar-refractivity contribution in [3.05, 3.63) is 12.2 Å². The Hall–Kier alpha value is -1.93. The summed E-state index contributed by atoms with van der Waals surface area (Å²) in [5, 5.41) is 13.8. The van der Waals surface area contributed by atoms with Crippen LogP contribution < -0.4 is 5.32 Å². The van der Waals surface area contributed by atoms with Crippen LogP contribution in [0.5, 0.6) is 0 Å². The van der Waals surface area contributed by atoms with Crippen LogP contribution in [-0.4, -0.2) is 62.0 Å². The van der Waals surface area contributed by atoms with Gasteiger partial charge in [-0.25, -0.2) is 0 Å². The minimum Gasteiger partial charge on any atom is -0.463 e. The van der Waals surface area contributed by atoms with Crippen molar-refractivity contribution in [1.29, 1.82) is 0 Å². The zero-order valence-corrected chi connectivity index (χ0v) is 32.1. The van der Waals surface area contributed by atoms with Crippen molar-refractivity contribution in [2.45, 2.75) is 213 Å². The van der Waals surface area contributed by atoms with Gasteiger partial charge in [-0.1, -0.05) is 175 Å². The molecule has 0 rings (SSSR count). The molecule has 0 aromatic heterocycles. The molecule has 0 radical (unpaired) electrons. The van der Waals surface area contributed by atoms with E-state index in [1.54, 1.807) is 6.08 Å². The van der Waals surface area contributed by atoms with Gasteiger partial charge in [0.2, 0.25) is 5.91 Å². The predicted molar refractivity (Wildman–Crippen MR) is 208 cm³/mol. The zero-order valence-electron chi connectivity index (χ0n) is 32.1. The van der Waals surface area contributed by atoms with Crippen LogP contribution in [0, 0.1) is 0 Å². The summed E-state index contributed by atoms with van der Waals surface area (Å²) in [6.45, 7) is 4.77. The predicted octanol–water partition coefficient (Wildman–Crippen LogP) is 10.7. The second-order valence-electron chi connectivity index (χ2n) is 13.8. The molecular formula is C42H81NO7. The fourth-order valence-electron chi connectivity index (χ4n) is 5.87. The van der Waals surface area contributed by atoms with Crippen molar-refractivity contribution in [3.63, 3.8) is 0 Å². The summed E-state index contributed by atoms with van der Waals surface area (Å²) in [6.07, 6.45) is 34.0. The third kappa shape index (κ3) is 35.9. The van der Waals surface area contributed by atoms with Crippen LogP contribution in [0.25, 0.3) is 0 Å². The van der Waals surface area contributed by atoms with Gasteiger partial charge in [-0.05, 0) is 19.3 Å². The normalized spacial score (nSPS) is 12.4. The number of rotatable bonds is 37. The SMILES string of the molecule is C.CCCCCCCCCCCCCC=CC(O)C(COC(=O)CCC(=O)OCCOC)NC(=O)CCCCCCCCCCCCCCC. The molecule has 0 aliphatic carbocycles. The lowest BCUT2D eigenvalue weighted by Crippen LogP contribution is -2.46. The number of carbonyl (C=O) groups excluding carboxylic acids is 3. The van der Waals surface area contributed by atoms with E-state index in [4.69, 9.17) is 14.2 Å². The van der Waals surface area contributed by atoms with Crippen LogP contribution in [0.1, 0.15) is 201 Å². The van der Waals surface area contributed by atoms with Crippen molar-refractivity contribution < 1.29 is 33.7 Å². The maximum atomic E-state index is 12.8. The van der Waals surface area contributed by atoms with E-state index in [0.29, 0.717) is 13.0 Å². The van der Waals surface area contributed by atoms with Crippen molar-refractivity contribution >= 4 is 17.8 Å². The Morgan fingerprint density at radius 3 is 1.46 bits per heavy atom. The molecule has 8 heteroatoms. The molecule has 0 saturated heterocycles. The first kappa shape index (κ1) is 50.2. The standard InChI is InChI=1S/C41H77NO7.CH4/c1-4-6-8-10-12-14-16-18-20-22-24-26-28-30-38(43)37(36-49-41(46)33-32-40(45)48-35-34-47-3)42-39(44)31-29-27-25-23-21-19-17-15-13-11-9-7-5-2;/h28,30,37-38,43H,4-27,29,31-36H2,1-3H3,(H,42,44);1H4. The molecule has 1 amide bonds. The third-order valence-corrected chi connectivity index (χ3v) is 9.08. The molecule has 296 valence electrons. The molecule has 0 fully saturated rings. The van der Waals surface area contributed by atoms with Crippen molar-refractivity contribution in [1.82, 2.24) is 5.32 Å². The zero-order chi connectivity index (χ0) is 36.0. The van der Waals surface area contributed by atoms with Gasteiger partial charge in [-0.15, -0.1) is 0 Å². The van der Waals surface area contributed by atoms with E-state index in [0.717, 1.165) is 32.1 Å². The summed E-state index contributed by atoms with van der Waals surface area (Å²) in [7, 11) is 1.52. The number of ether oxygens (including phenoxy) is 3. The Morgan fingerprint density at radius 2 is 1.00 bits per heavy atom. The Balaban J connectivity index is 0. The highest BCUT2D eigenvalue weighted by molar-refractivity contribution is 5.78. The van der Waals surface area contributed by atoms with Gasteiger partial charge in [0.25, 0.3) is 0 Å². The van der Waals surface area contributed by atoms with Gasteiger partial charge in [-0.2, -0.15) is 0 Å². The summed E-state index contributed by atoms with van der Waals surface area (Å²) < 4.78 is 15.2. The van der Waals surface area contributed by atoms with Gasteiger partial charge in [0.1, 0.15) is 13.2 Å². The van der Waals surface area contributed by atoms with E-state index in [2.05, 4.69) is 19.2 Å². The number of aliphatic hydroxyl groups is 1. The minimum atomic E-state index is -0.977. The van der Waals surface area contributed by atoms with E-state index >= 15 is 0 Å². The molecule has 2 atom stereocenters. The van der Waals surface area contributed by atoms with Crippen LogP contribution in [0.15, 0.2) is 12.2 Å². The molecule has 0 spiro atoms. The third-order valence-electron chi connectivity index (χ3n) is 9.08. The van der Waals surface area contributed by atoms with Gasteiger partial charge in [0.15, 0.2) is 0 Å². The number of methoxy groups -OCH3 is 1. The second kappa shape index (κ2) is 39.8. The summed E-state index contributed by atoms with van der Waals surface area (Å²) >= 11 is 0. The Kier molecular flexibility index (Phi) is 40.0. The molecule has 0 saturated carbocycles. The molecule has 0 heterocycles. The number of nitrogens with one attached hydrogen (secondary N) is 1. The Bertz CT molecular complexity index is 788. The van der Waals surface area contributed by atoms with E-state index in [-0.39, 0.29) is 39.4 Å². The number of hydrogen-bond donors (Lipinski definition) is 2. The summed E-state index contributed by atoms with van der Waals surface area (Å²) in [5.74, 6) is -1.22. The largest absolute Gasteiger partial charge is 0.463 e. The topological polar surface area (TPSA) is 111 Å². The van der Waals surface area contributed by atoms with Gasteiger partial charge in [-0.3, -0.25) is 14.4 Å². The summed E-state index contributed by atoms with van der Waals surface area (Å²) in [4.78, 5) is 36.9. The van der Waals surface area contributed by atoms with E-state index in [1.807, 2.05) is 6.08 Å². The second-order valence-corrected chi connectivity index (χ2v) is 13.8. The van der Waals surface area contributed by atoms with Crippen LogP contribution in [0.3, 0.4) is 0 Å². The van der Waals surface area contributed by atoms with Gasteiger partial charge < -0.3 is 24.6 Å². The lowest BCUT2D eigenvalue weighted by molar-refractivity contribution is -0.151. The first-order chi connectivity index (χ1) is 23.9. The average molecular weight is 712 g/mol. The number of aliphatic hydroxyl groups excluding tert-OH is 1. The van der Waals surface area contributed by atoms with Crippen LogP contribution in [-0.2, 0) is 28.6 Å². The van der Waals surface area contributed by atoms with E-state index < -0.39 is 24.1 Å². The lowest BCUT2D eigenvalue weighted by atomic mass is 10.0. The molecule has 0 aromatic carbocycles. The fourth-order valence-corrected chi connectivity index (χ4v) is 5.87. The van der Waals surface area contributed by atoms with Gasteiger partial charge >= 0.3 is 11.9 Å². The molecule has 0 aliphatic rings. The Labute approximate surface area is 308 Å². The van der Waals surface area contributed by atoms with E-state index in [9.17, 15) is 19.5 Å². The highest BCUT2D eigenvalue weighted by Crippen LogP contribution is 2.14. The summed E-state index contributed by atoms with van der Waals surface area (Å²) in [6, 6.07) is -0.749. The van der Waals surface area contributed by atoms with Gasteiger partial charge in [0.05, 0.1) is 31.6 Å². The fraction of sp³-hybridized carbons (Fsp3) is 0.881. The minimum absolute atomic E-state index is 0. The smallest absolute Gasteiger partial charge is 0.306 e. The quantitative estimate of drug-likeness (QED) is 0.0375. The highest BCUT2D eigenvalue weighted by atomic mass is 16.6. The van der Waals surface area contributed by atoms with Gasteiger partial charge in [0, 0.05) is 13.5 Å². The number of unbranched alkanes of at least 4 members (excludes halogenated alkanes) is 23. The summed E-state index contributed by atoms with van der Waals surface area (Å²) in [5.41, 5.74) is 0. The van der Waals surface area contributed by atoms with Crippen molar-refractivity contribution in [2.75, 3.05) is 26.9 Å². The van der Waals surface area contributed by atoms with Crippen LogP contribution >= 0.6 is 0 Å². The number of hydrogen-bond acceptors (Lipinski definition) is 7. The van der Waals surface area contributed by atoms with Crippen molar-refractivity contribution in [3.8, 4) is 0 Å². The van der Waals surface area contributed by atoms with E-state index in [1.165, 1.54) is 136 Å². The molecule has 2 N–H and O–H groups in total. The number of esters is 2. The molecule has 0 aliphatic heterocycles. The van der Waals surface area contributed by atoms with Crippen LogP contribution in [0.2, 0.25) is 0 Å². The molecule has 2 unspecified atom stereocenters. The first-order valence-electron chi connectivity index (χ1n) is 20.4. The average Bonchev–Trinajstić information content (AvgIpc) is 3.09. The molecule has 0 bridgehead atoms. The highest BCUT2D eigenvalue weighted by Gasteiger charge is 2.21. The molecular weight excluding hydrogens is 630 g/mol. The molecule has 0 aromatic rings. The molecule has 50 heavy (non-hydrogen) atoms. The monoisotopic (exact) mass is 712 g/mol. The maximum absolute atomic E-state index is 12.8. The maximum Gasteiger partial charge on any atom is 0.306 e. The molecule has 8 nitrogen and oxygen atoms in total. The number of carbonyl (C=O) groups is 3. The number of amides is 1. The van der Waals surface area contributed by atoms with Crippen molar-refractivity contribution in [2.24, 2.45) is 0 Å². The lowest BCUT2D eigenvalue weighted by Gasteiger charge is -2.22. The van der Waals surface area contributed by atoms with Crippen LogP contribution in [0.4, 0.5) is 0 Å². The number of allylic oxidation sites excluding steroid dienone is 1. The first-order valence-corrected chi connectivity index (χ1v) is 20.4. The Morgan fingerprint density at radius 1 is 0.580 bits per heavy atom.